The van der Waals surface area contributed by atoms with Crippen LogP contribution in [0.3, 0.4) is 0 Å². The van der Waals surface area contributed by atoms with Crippen molar-refractivity contribution in [3.8, 4) is 0 Å². The zero-order chi connectivity index (χ0) is 6.85. The average Bonchev–Trinajstić information content (AvgIpc) is 1.80. The van der Waals surface area contributed by atoms with Crippen LogP contribution in [0.5, 0.6) is 0 Å². The summed E-state index contributed by atoms with van der Waals surface area (Å²) in [5.41, 5.74) is 0.991. The van der Waals surface area contributed by atoms with Crippen molar-refractivity contribution in [2.24, 2.45) is 0 Å². The largest absolute Gasteiger partial charge is 0.509 e. The van der Waals surface area contributed by atoms with Crippen LogP contribution < -0.4 is 0 Å². The van der Waals surface area contributed by atoms with E-state index in [1.54, 1.807) is 0 Å². The minimum Gasteiger partial charge on any atom is -0.509 e. The van der Waals surface area contributed by atoms with Gasteiger partial charge in [0.15, 0.2) is 5.83 Å². The number of aliphatic hydroxyl groups excluding tert-OH is 1. The van der Waals surface area contributed by atoms with Crippen LogP contribution in [0.1, 0.15) is 19.8 Å². The van der Waals surface area contributed by atoms with Crippen LogP contribution in [-0.2, 0) is 0 Å². The van der Waals surface area contributed by atoms with Gasteiger partial charge in [0, 0.05) is 6.42 Å². The SMILES string of the molecule is CC1=CC(F)=C(O)CC1. The van der Waals surface area contributed by atoms with Gasteiger partial charge < -0.3 is 5.11 Å². The summed E-state index contributed by atoms with van der Waals surface area (Å²) in [6.07, 6.45) is 2.60. The van der Waals surface area contributed by atoms with Crippen LogP contribution in [0.15, 0.2) is 23.2 Å². The molecule has 0 saturated heterocycles. The number of hydrogen-bond donors (Lipinski definition) is 1. The molecule has 0 unspecified atom stereocenters. The molecule has 0 bridgehead atoms. The molecule has 2 heteroatoms. The third-order valence-electron chi connectivity index (χ3n) is 1.40. The lowest BCUT2D eigenvalue weighted by Gasteiger charge is -2.07. The Morgan fingerprint density at radius 3 is 2.67 bits per heavy atom. The summed E-state index contributed by atoms with van der Waals surface area (Å²) >= 11 is 0. The molecule has 0 saturated carbocycles. The molecule has 1 nitrogen and oxygen atoms in total. The Bertz CT molecular complexity index is 179. The first-order chi connectivity index (χ1) is 4.20. The van der Waals surface area contributed by atoms with Crippen molar-refractivity contribution < 1.29 is 9.50 Å². The summed E-state index contributed by atoms with van der Waals surface area (Å²) in [6.45, 7) is 1.85. The zero-order valence-electron chi connectivity index (χ0n) is 5.32. The number of aliphatic hydroxyl groups is 1. The smallest absolute Gasteiger partial charge is 0.160 e. The third-order valence-corrected chi connectivity index (χ3v) is 1.40. The summed E-state index contributed by atoms with van der Waals surface area (Å²) in [5, 5.41) is 8.76. The Kier molecular flexibility index (Phi) is 1.56. The van der Waals surface area contributed by atoms with E-state index in [1.165, 1.54) is 6.08 Å². The maximum atomic E-state index is 12.4. The van der Waals surface area contributed by atoms with Crippen molar-refractivity contribution in [2.75, 3.05) is 0 Å². The predicted molar refractivity (Wildman–Crippen MR) is 33.8 cm³/mol. The first kappa shape index (κ1) is 6.33. The molecule has 0 radical (unpaired) electrons. The van der Waals surface area contributed by atoms with Gasteiger partial charge in [-0.25, -0.2) is 4.39 Å². The van der Waals surface area contributed by atoms with Gasteiger partial charge in [-0.1, -0.05) is 5.57 Å². The molecule has 1 rings (SSSR count). The molecule has 1 N–H and O–H groups in total. The summed E-state index contributed by atoms with van der Waals surface area (Å²) in [5.74, 6) is -0.584. The van der Waals surface area contributed by atoms with Gasteiger partial charge >= 0.3 is 0 Å². The van der Waals surface area contributed by atoms with Gasteiger partial charge in [-0.15, -0.1) is 0 Å². The van der Waals surface area contributed by atoms with Crippen LogP contribution in [0.25, 0.3) is 0 Å². The van der Waals surface area contributed by atoms with Crippen molar-refractivity contribution in [2.45, 2.75) is 19.8 Å². The van der Waals surface area contributed by atoms with Crippen LogP contribution >= 0.6 is 0 Å². The second-order valence-electron chi connectivity index (χ2n) is 2.29. The van der Waals surface area contributed by atoms with E-state index in [2.05, 4.69) is 0 Å². The van der Waals surface area contributed by atoms with Gasteiger partial charge in [-0.05, 0) is 19.4 Å². The van der Waals surface area contributed by atoms with Gasteiger partial charge in [0.25, 0.3) is 0 Å². The lowest BCUT2D eigenvalue weighted by molar-refractivity contribution is 0.359. The topological polar surface area (TPSA) is 20.2 Å². The maximum Gasteiger partial charge on any atom is 0.160 e. The molecule has 0 aromatic carbocycles. The Labute approximate surface area is 53.5 Å². The zero-order valence-corrected chi connectivity index (χ0v) is 5.32. The average molecular weight is 128 g/mol. The molecule has 0 heterocycles. The molecule has 1 aliphatic rings. The minimum absolute atomic E-state index is 0.111. The van der Waals surface area contributed by atoms with Gasteiger partial charge in [-0.2, -0.15) is 0 Å². The minimum atomic E-state index is -0.473. The molecule has 0 aliphatic heterocycles. The summed E-state index contributed by atoms with van der Waals surface area (Å²) in [6, 6.07) is 0. The fourth-order valence-electron chi connectivity index (χ4n) is 0.807. The first-order valence-electron chi connectivity index (χ1n) is 2.95. The van der Waals surface area contributed by atoms with E-state index in [1.807, 2.05) is 6.92 Å². The molecule has 50 valence electrons. The van der Waals surface area contributed by atoms with E-state index in [9.17, 15) is 4.39 Å². The van der Waals surface area contributed by atoms with Crippen LogP contribution in [0.4, 0.5) is 4.39 Å². The highest BCUT2D eigenvalue weighted by Gasteiger charge is 2.08. The van der Waals surface area contributed by atoms with Crippen LogP contribution in [0.2, 0.25) is 0 Å². The van der Waals surface area contributed by atoms with Crippen molar-refractivity contribution >= 4 is 0 Å². The van der Waals surface area contributed by atoms with E-state index in [4.69, 9.17) is 5.11 Å². The molecule has 9 heavy (non-hydrogen) atoms. The number of hydrogen-bond acceptors (Lipinski definition) is 1. The molecule has 0 aromatic rings. The lowest BCUT2D eigenvalue weighted by Crippen LogP contribution is -1.92. The molecule has 0 spiro atoms. The van der Waals surface area contributed by atoms with Crippen molar-refractivity contribution in [1.29, 1.82) is 0 Å². The van der Waals surface area contributed by atoms with E-state index in [0.29, 0.717) is 6.42 Å². The Balaban J connectivity index is 2.83. The number of rotatable bonds is 0. The quantitative estimate of drug-likeness (QED) is 0.531. The fraction of sp³-hybridized carbons (Fsp3) is 0.429. The fourth-order valence-corrected chi connectivity index (χ4v) is 0.807. The second kappa shape index (κ2) is 2.21. The molecule has 1 aliphatic carbocycles. The Morgan fingerprint density at radius 1 is 1.56 bits per heavy atom. The highest BCUT2D eigenvalue weighted by molar-refractivity contribution is 5.24. The van der Waals surface area contributed by atoms with Gasteiger partial charge in [0.2, 0.25) is 0 Å². The van der Waals surface area contributed by atoms with Gasteiger partial charge in [0.05, 0.1) is 0 Å². The van der Waals surface area contributed by atoms with Crippen LogP contribution in [0, 0.1) is 0 Å². The van der Waals surface area contributed by atoms with E-state index in [-0.39, 0.29) is 5.76 Å². The van der Waals surface area contributed by atoms with Crippen LogP contribution in [-0.4, -0.2) is 5.11 Å². The number of halogens is 1. The molecular formula is C7H9FO. The van der Waals surface area contributed by atoms with Crippen molar-refractivity contribution in [3.05, 3.63) is 23.2 Å². The lowest BCUT2D eigenvalue weighted by atomic mass is 10.1. The van der Waals surface area contributed by atoms with E-state index in [0.717, 1.165) is 12.0 Å². The normalized spacial score (nSPS) is 20.0. The standard InChI is InChI=1S/C7H9FO/c1-5-2-3-7(9)6(8)4-5/h4,9H,2-3H2,1H3. The summed E-state index contributed by atoms with van der Waals surface area (Å²) in [7, 11) is 0. The molecular weight excluding hydrogens is 119 g/mol. The maximum absolute atomic E-state index is 12.4. The molecule has 0 fully saturated rings. The second-order valence-corrected chi connectivity index (χ2v) is 2.29. The van der Waals surface area contributed by atoms with E-state index < -0.39 is 5.83 Å². The highest BCUT2D eigenvalue weighted by Crippen LogP contribution is 2.21. The highest BCUT2D eigenvalue weighted by atomic mass is 19.1. The first-order valence-corrected chi connectivity index (χ1v) is 2.95. The third kappa shape index (κ3) is 1.31. The van der Waals surface area contributed by atoms with Gasteiger partial charge in [0.1, 0.15) is 5.76 Å². The van der Waals surface area contributed by atoms with Gasteiger partial charge in [-0.3, -0.25) is 0 Å². The van der Waals surface area contributed by atoms with Crippen molar-refractivity contribution in [3.63, 3.8) is 0 Å². The van der Waals surface area contributed by atoms with Crippen molar-refractivity contribution in [1.82, 2.24) is 0 Å². The predicted octanol–water partition coefficient (Wildman–Crippen LogP) is 2.47. The monoisotopic (exact) mass is 128 g/mol. The number of allylic oxidation sites excluding steroid dienone is 4. The Morgan fingerprint density at radius 2 is 2.22 bits per heavy atom. The Hall–Kier alpha value is -0.790. The summed E-state index contributed by atoms with van der Waals surface area (Å²) < 4.78 is 12.4. The van der Waals surface area contributed by atoms with E-state index >= 15 is 0 Å². The molecule has 0 aromatic heterocycles. The summed E-state index contributed by atoms with van der Waals surface area (Å²) in [4.78, 5) is 0. The molecule has 0 amide bonds. The molecule has 0 atom stereocenters.